The number of aromatic hydroxyl groups is 1. The molecule has 57 heavy (non-hydrogen) atoms. The number of aromatic nitrogens is 1. The number of likely N-dealkylation sites (tertiary alicyclic amines) is 1. The van der Waals surface area contributed by atoms with Crippen molar-refractivity contribution in [2.45, 2.75) is 56.3 Å². The Bertz CT molecular complexity index is 2230. The van der Waals surface area contributed by atoms with Crippen LogP contribution in [0, 0.1) is 5.92 Å². The summed E-state index contributed by atoms with van der Waals surface area (Å²) in [6.07, 6.45) is 3.10. The molecule has 4 N–H and O–H groups in total. The van der Waals surface area contributed by atoms with Crippen molar-refractivity contribution in [3.8, 4) is 11.5 Å². The van der Waals surface area contributed by atoms with Crippen LogP contribution in [0.5, 0.6) is 11.5 Å². The minimum atomic E-state index is -0.812. The lowest BCUT2D eigenvalue weighted by Crippen LogP contribution is -2.55. The average Bonchev–Trinajstić information content (AvgIpc) is 3.25. The van der Waals surface area contributed by atoms with E-state index in [4.69, 9.17) is 9.47 Å². The zero-order valence-corrected chi connectivity index (χ0v) is 32.1. The van der Waals surface area contributed by atoms with Crippen LogP contribution in [0.4, 0.5) is 0 Å². The first-order valence-corrected chi connectivity index (χ1v) is 20.1. The van der Waals surface area contributed by atoms with Crippen molar-refractivity contribution in [1.29, 1.82) is 0 Å². The van der Waals surface area contributed by atoms with Gasteiger partial charge in [0.25, 0.3) is 5.91 Å². The van der Waals surface area contributed by atoms with Crippen LogP contribution in [0.2, 0.25) is 0 Å². The number of aliphatic hydroxyl groups is 1. The number of benzene rings is 4. The minimum Gasteiger partial charge on any atom is -0.506 e. The summed E-state index contributed by atoms with van der Waals surface area (Å²) in [6, 6.07) is 31.5. The number of hydrogen-bond donors (Lipinski definition) is 4. The molecule has 0 saturated carbocycles. The van der Waals surface area contributed by atoms with Crippen molar-refractivity contribution in [3.05, 3.63) is 141 Å². The Morgan fingerprint density at radius 2 is 1.58 bits per heavy atom. The molecule has 296 valence electrons. The van der Waals surface area contributed by atoms with E-state index in [-0.39, 0.29) is 29.3 Å². The Hall–Kier alpha value is -5.49. The molecule has 4 aliphatic rings. The number of amides is 1. The average molecular weight is 771 g/mol. The van der Waals surface area contributed by atoms with Gasteiger partial charge in [0.2, 0.25) is 5.56 Å². The second kappa shape index (κ2) is 16.9. The molecule has 11 heteroatoms. The van der Waals surface area contributed by atoms with Crippen LogP contribution in [-0.4, -0.2) is 88.8 Å². The number of pyridine rings is 1. The van der Waals surface area contributed by atoms with Crippen LogP contribution in [0.15, 0.2) is 108 Å². The van der Waals surface area contributed by atoms with E-state index in [0.29, 0.717) is 79.3 Å². The highest BCUT2D eigenvalue weighted by atomic mass is 16.5. The number of rotatable bonds is 13. The van der Waals surface area contributed by atoms with Crippen molar-refractivity contribution in [2.24, 2.45) is 5.92 Å². The molecule has 4 saturated heterocycles. The number of hydrogen-bond acceptors (Lipinski definition) is 9. The maximum absolute atomic E-state index is 14.0. The molecule has 0 radical (unpaired) electrons. The monoisotopic (exact) mass is 770 g/mol. The lowest BCUT2D eigenvalue weighted by Gasteiger charge is -2.46. The quantitative estimate of drug-likeness (QED) is 0.0903. The molecule has 11 nitrogen and oxygen atoms in total. The van der Waals surface area contributed by atoms with E-state index in [1.54, 1.807) is 24.3 Å². The summed E-state index contributed by atoms with van der Waals surface area (Å²) in [6.45, 7) is 5.29. The van der Waals surface area contributed by atoms with E-state index in [1.807, 2.05) is 59.5 Å². The summed E-state index contributed by atoms with van der Waals surface area (Å²) in [5.41, 5.74) is 3.57. The summed E-state index contributed by atoms with van der Waals surface area (Å²) in [7, 11) is 0. The Morgan fingerprint density at radius 3 is 2.28 bits per heavy atom. The maximum Gasteiger partial charge on any atom is 0.317 e. The van der Waals surface area contributed by atoms with E-state index in [9.17, 15) is 24.6 Å². The molecule has 4 aromatic carbocycles. The number of H-pyrrole nitrogens is 1. The van der Waals surface area contributed by atoms with Gasteiger partial charge in [-0.05, 0) is 116 Å². The fourth-order valence-corrected chi connectivity index (χ4v) is 8.73. The van der Waals surface area contributed by atoms with E-state index in [0.717, 1.165) is 55.6 Å². The second-order valence-electron chi connectivity index (χ2n) is 15.7. The summed E-state index contributed by atoms with van der Waals surface area (Å²) in [4.78, 5) is 46.2. The van der Waals surface area contributed by atoms with E-state index in [2.05, 4.69) is 27.3 Å². The highest BCUT2D eigenvalue weighted by molar-refractivity contribution is 5.95. The number of ether oxygens (including phenoxy) is 2. The zero-order valence-electron chi connectivity index (χ0n) is 32.1. The Kier molecular flexibility index (Phi) is 11.4. The normalized spacial score (nSPS) is 20.6. The highest BCUT2D eigenvalue weighted by Gasteiger charge is 2.47. The largest absolute Gasteiger partial charge is 0.506 e. The number of phenolic OH excluding ortho intramolecular Hbond substituents is 1. The second-order valence-corrected chi connectivity index (χ2v) is 15.7. The van der Waals surface area contributed by atoms with Crippen molar-refractivity contribution < 1.29 is 29.3 Å². The molecular formula is C46H50N4O7. The molecule has 4 aliphatic heterocycles. The van der Waals surface area contributed by atoms with Crippen molar-refractivity contribution >= 4 is 22.8 Å². The van der Waals surface area contributed by atoms with E-state index < -0.39 is 11.5 Å². The third-order valence-electron chi connectivity index (χ3n) is 12.2. The van der Waals surface area contributed by atoms with Gasteiger partial charge in [0.1, 0.15) is 24.2 Å². The molecule has 0 unspecified atom stereocenters. The van der Waals surface area contributed by atoms with Gasteiger partial charge >= 0.3 is 5.97 Å². The number of aromatic amines is 1. The minimum absolute atomic E-state index is 0.0360. The van der Waals surface area contributed by atoms with Gasteiger partial charge < -0.3 is 34.9 Å². The van der Waals surface area contributed by atoms with Crippen LogP contribution in [0.1, 0.15) is 64.4 Å². The third-order valence-corrected chi connectivity index (χ3v) is 12.2. The van der Waals surface area contributed by atoms with Crippen molar-refractivity contribution in [2.75, 3.05) is 45.8 Å². The standard InChI is InChI=1S/C46H50N4O7/c51-39-16-14-37(38-15-17-42(53)48-43(38)39)40(52)28-47-23-18-31-6-8-32(9-7-31)30-56-36-12-10-34(11-13-36)44(54)50-26-21-46(22-27-50,35-4-2-1-3-5-35)45(55)57-41-29-49-24-19-33(41)20-25-49/h1-17,33,40-41,47,51-52H,18-30H2,(H,48,53)/t40-,41-/m0/s1. The molecule has 9 rings (SSSR count). The molecule has 4 fully saturated rings. The maximum atomic E-state index is 14.0. The first-order chi connectivity index (χ1) is 27.8. The molecule has 0 aliphatic carbocycles. The zero-order chi connectivity index (χ0) is 39.4. The number of esters is 1. The van der Waals surface area contributed by atoms with Crippen LogP contribution in [0.3, 0.4) is 0 Å². The summed E-state index contributed by atoms with van der Waals surface area (Å²) < 4.78 is 12.4. The number of aliphatic hydroxyl groups excluding tert-OH is 1. The van der Waals surface area contributed by atoms with Gasteiger partial charge in [0, 0.05) is 43.2 Å². The number of nitrogens with zero attached hydrogens (tertiary/aromatic N) is 2. The lowest BCUT2D eigenvalue weighted by molar-refractivity contribution is -0.167. The van der Waals surface area contributed by atoms with Crippen LogP contribution in [0.25, 0.3) is 10.9 Å². The number of fused-ring (bicyclic) bond motifs is 4. The predicted molar refractivity (Wildman–Crippen MR) is 217 cm³/mol. The highest BCUT2D eigenvalue weighted by Crippen LogP contribution is 2.39. The van der Waals surface area contributed by atoms with Gasteiger partial charge in [-0.3, -0.25) is 19.3 Å². The number of carbonyl (C=O) groups excluding carboxylic acids is 2. The SMILES string of the molecule is O=C(c1ccc(OCc2ccc(CCNC[C@H](O)c3ccc(O)c4[nH]c(=O)ccc34)cc2)cc1)N1CCC(C(=O)O[C@H]2CN3CCC2CC3)(c2ccccc2)CC1. The fraction of sp³-hybridized carbons (Fsp3) is 0.370. The summed E-state index contributed by atoms with van der Waals surface area (Å²) >= 11 is 0. The Morgan fingerprint density at radius 1 is 0.860 bits per heavy atom. The first kappa shape index (κ1) is 38.4. The molecule has 5 aromatic rings. The van der Waals surface area contributed by atoms with Gasteiger partial charge in [0.05, 0.1) is 17.0 Å². The third kappa shape index (κ3) is 8.46. The fourth-order valence-electron chi connectivity index (χ4n) is 8.73. The molecule has 1 amide bonds. The Balaban J connectivity index is 0.796. The van der Waals surface area contributed by atoms with Crippen molar-refractivity contribution in [3.63, 3.8) is 0 Å². The molecule has 5 heterocycles. The number of piperidine rings is 4. The smallest absolute Gasteiger partial charge is 0.317 e. The molecule has 2 atom stereocenters. The topological polar surface area (TPSA) is 144 Å². The van der Waals surface area contributed by atoms with Gasteiger partial charge in [-0.25, -0.2) is 0 Å². The van der Waals surface area contributed by atoms with Crippen LogP contribution >= 0.6 is 0 Å². The number of phenols is 1. The number of carbonyl (C=O) groups is 2. The molecular weight excluding hydrogens is 721 g/mol. The summed E-state index contributed by atoms with van der Waals surface area (Å²) in [5, 5.41) is 24.8. The van der Waals surface area contributed by atoms with E-state index in [1.165, 1.54) is 12.1 Å². The predicted octanol–water partition coefficient (Wildman–Crippen LogP) is 5.49. The lowest BCUT2D eigenvalue weighted by atomic mass is 9.72. The van der Waals surface area contributed by atoms with Gasteiger partial charge in [-0.15, -0.1) is 0 Å². The van der Waals surface area contributed by atoms with E-state index >= 15 is 0 Å². The van der Waals surface area contributed by atoms with Crippen molar-refractivity contribution in [1.82, 2.24) is 20.1 Å². The van der Waals surface area contributed by atoms with Crippen LogP contribution in [-0.2, 0) is 28.0 Å². The molecule has 0 spiro atoms. The van der Waals surface area contributed by atoms with Crippen LogP contribution < -0.4 is 15.6 Å². The molecule has 2 bridgehead atoms. The molecule has 1 aromatic heterocycles. The summed E-state index contributed by atoms with van der Waals surface area (Å²) in [5.74, 6) is 0.864. The first-order valence-electron chi connectivity index (χ1n) is 20.1. The Labute approximate surface area is 332 Å². The van der Waals surface area contributed by atoms with Gasteiger partial charge in [-0.2, -0.15) is 0 Å². The van der Waals surface area contributed by atoms with Gasteiger partial charge in [0.15, 0.2) is 0 Å². The number of nitrogens with one attached hydrogen (secondary N) is 2. The van der Waals surface area contributed by atoms with Gasteiger partial charge in [-0.1, -0.05) is 60.7 Å².